The van der Waals surface area contributed by atoms with E-state index in [1.54, 1.807) is 12.3 Å². The van der Waals surface area contributed by atoms with Crippen molar-refractivity contribution < 1.29 is 9.53 Å². The SMILES string of the molecule is Nc1ccnc(CNC(=O)C[C@H]2CN(Cc3ccccc3)CCO2)n1. The van der Waals surface area contributed by atoms with Gasteiger partial charge in [0.25, 0.3) is 0 Å². The Labute approximate surface area is 147 Å². The Balaban J connectivity index is 1.44. The maximum Gasteiger partial charge on any atom is 0.223 e. The van der Waals surface area contributed by atoms with E-state index in [1.165, 1.54) is 5.56 Å². The topological polar surface area (TPSA) is 93.4 Å². The number of hydrogen-bond acceptors (Lipinski definition) is 6. The molecule has 25 heavy (non-hydrogen) atoms. The predicted molar refractivity (Wildman–Crippen MR) is 94.4 cm³/mol. The molecule has 1 saturated heterocycles. The van der Waals surface area contributed by atoms with Crippen LogP contribution in [0.4, 0.5) is 5.82 Å². The first-order chi connectivity index (χ1) is 12.2. The maximum absolute atomic E-state index is 12.1. The molecule has 0 aliphatic carbocycles. The lowest BCUT2D eigenvalue weighted by Gasteiger charge is -2.32. The number of nitrogen functional groups attached to an aromatic ring is 1. The van der Waals surface area contributed by atoms with Gasteiger partial charge < -0.3 is 15.8 Å². The number of hydrogen-bond donors (Lipinski definition) is 2. The van der Waals surface area contributed by atoms with Crippen LogP contribution in [0.15, 0.2) is 42.6 Å². The van der Waals surface area contributed by atoms with Crippen LogP contribution in [0.1, 0.15) is 17.8 Å². The van der Waals surface area contributed by atoms with Crippen molar-refractivity contribution in [2.24, 2.45) is 0 Å². The highest BCUT2D eigenvalue weighted by Crippen LogP contribution is 2.12. The average molecular weight is 341 g/mol. The van der Waals surface area contributed by atoms with E-state index < -0.39 is 0 Å². The number of anilines is 1. The molecule has 3 N–H and O–H groups in total. The van der Waals surface area contributed by atoms with Crippen LogP contribution < -0.4 is 11.1 Å². The van der Waals surface area contributed by atoms with E-state index in [9.17, 15) is 4.79 Å². The summed E-state index contributed by atoms with van der Waals surface area (Å²) in [5.74, 6) is 0.826. The van der Waals surface area contributed by atoms with Crippen LogP contribution in [0.3, 0.4) is 0 Å². The van der Waals surface area contributed by atoms with Gasteiger partial charge in [-0.25, -0.2) is 9.97 Å². The van der Waals surface area contributed by atoms with E-state index in [2.05, 4.69) is 32.3 Å². The Kier molecular flexibility index (Phi) is 5.92. The molecule has 1 aromatic carbocycles. The molecule has 1 aliphatic heterocycles. The van der Waals surface area contributed by atoms with Crippen LogP contribution in [0.5, 0.6) is 0 Å². The van der Waals surface area contributed by atoms with Crippen LogP contribution in [0, 0.1) is 0 Å². The summed E-state index contributed by atoms with van der Waals surface area (Å²) in [6.07, 6.45) is 1.81. The van der Waals surface area contributed by atoms with Crippen LogP contribution in [0.25, 0.3) is 0 Å². The standard InChI is InChI=1S/C18H23N5O2/c19-16-6-7-20-17(22-16)11-21-18(24)10-15-13-23(8-9-25-15)12-14-4-2-1-3-5-14/h1-7,15H,8-13H2,(H,21,24)(H2,19,20,22)/t15-/m0/s1. The summed E-state index contributed by atoms with van der Waals surface area (Å²) < 4.78 is 5.73. The van der Waals surface area contributed by atoms with Gasteiger partial charge in [0.1, 0.15) is 11.6 Å². The molecule has 1 amide bonds. The van der Waals surface area contributed by atoms with Crippen molar-refractivity contribution in [3.63, 3.8) is 0 Å². The number of nitrogens with one attached hydrogen (secondary N) is 1. The average Bonchev–Trinajstić information content (AvgIpc) is 2.61. The molecular weight excluding hydrogens is 318 g/mol. The highest BCUT2D eigenvalue weighted by molar-refractivity contribution is 5.76. The number of carbonyl (C=O) groups is 1. The van der Waals surface area contributed by atoms with E-state index in [0.717, 1.165) is 19.6 Å². The van der Waals surface area contributed by atoms with Crippen LogP contribution in [0.2, 0.25) is 0 Å². The van der Waals surface area contributed by atoms with Crippen LogP contribution >= 0.6 is 0 Å². The van der Waals surface area contributed by atoms with E-state index >= 15 is 0 Å². The molecule has 0 saturated carbocycles. The number of amides is 1. The third-order valence-electron chi connectivity index (χ3n) is 4.06. The van der Waals surface area contributed by atoms with E-state index in [1.807, 2.05) is 18.2 Å². The largest absolute Gasteiger partial charge is 0.384 e. The molecule has 1 aliphatic rings. The zero-order valence-corrected chi connectivity index (χ0v) is 14.1. The lowest BCUT2D eigenvalue weighted by atomic mass is 10.1. The summed E-state index contributed by atoms with van der Waals surface area (Å²) in [6.45, 7) is 3.41. The quantitative estimate of drug-likeness (QED) is 0.813. The van der Waals surface area contributed by atoms with Gasteiger partial charge in [-0.1, -0.05) is 30.3 Å². The van der Waals surface area contributed by atoms with Gasteiger partial charge in [0, 0.05) is 25.8 Å². The Morgan fingerprint density at radius 3 is 2.96 bits per heavy atom. The molecular formula is C18H23N5O2. The number of nitrogens with zero attached hydrogens (tertiary/aromatic N) is 3. The number of ether oxygens (including phenoxy) is 1. The Hall–Kier alpha value is -2.51. The molecule has 0 radical (unpaired) electrons. The van der Waals surface area contributed by atoms with Crippen molar-refractivity contribution in [2.75, 3.05) is 25.4 Å². The Bertz CT molecular complexity index is 695. The lowest BCUT2D eigenvalue weighted by Crippen LogP contribution is -2.44. The third kappa shape index (κ3) is 5.51. The smallest absolute Gasteiger partial charge is 0.223 e. The lowest BCUT2D eigenvalue weighted by molar-refractivity contribution is -0.126. The molecule has 1 atom stereocenters. The van der Waals surface area contributed by atoms with Gasteiger partial charge in [0.15, 0.2) is 0 Å². The highest BCUT2D eigenvalue weighted by atomic mass is 16.5. The van der Waals surface area contributed by atoms with Crippen molar-refractivity contribution in [1.29, 1.82) is 0 Å². The summed E-state index contributed by atoms with van der Waals surface area (Å²) in [6, 6.07) is 11.9. The van der Waals surface area contributed by atoms with Gasteiger partial charge in [-0.05, 0) is 11.6 Å². The molecule has 132 valence electrons. The number of rotatable bonds is 6. The Morgan fingerprint density at radius 2 is 2.16 bits per heavy atom. The van der Waals surface area contributed by atoms with Crippen molar-refractivity contribution >= 4 is 11.7 Å². The molecule has 1 fully saturated rings. The molecule has 7 heteroatoms. The van der Waals surface area contributed by atoms with Crippen molar-refractivity contribution in [3.8, 4) is 0 Å². The van der Waals surface area contributed by atoms with Crippen LogP contribution in [-0.2, 0) is 22.6 Å². The number of nitrogens with two attached hydrogens (primary N) is 1. The molecule has 0 unspecified atom stereocenters. The molecule has 2 aromatic rings. The normalized spacial score (nSPS) is 18.0. The third-order valence-corrected chi connectivity index (χ3v) is 4.06. The van der Waals surface area contributed by atoms with E-state index in [0.29, 0.717) is 24.7 Å². The minimum Gasteiger partial charge on any atom is -0.384 e. The molecule has 0 bridgehead atoms. The summed E-state index contributed by atoms with van der Waals surface area (Å²) in [5, 5.41) is 2.82. The minimum absolute atomic E-state index is 0.0717. The van der Waals surface area contributed by atoms with Gasteiger partial charge in [-0.15, -0.1) is 0 Å². The summed E-state index contributed by atoms with van der Waals surface area (Å²) in [5.41, 5.74) is 6.87. The first-order valence-corrected chi connectivity index (χ1v) is 8.41. The predicted octanol–water partition coefficient (Wildman–Crippen LogP) is 0.966. The fraction of sp³-hybridized carbons (Fsp3) is 0.389. The number of benzene rings is 1. The number of aromatic nitrogens is 2. The molecule has 3 rings (SSSR count). The molecule has 7 nitrogen and oxygen atoms in total. The number of morpholine rings is 1. The zero-order chi connectivity index (χ0) is 17.5. The van der Waals surface area contributed by atoms with Crippen LogP contribution in [-0.4, -0.2) is 46.6 Å². The first kappa shape index (κ1) is 17.3. The fourth-order valence-corrected chi connectivity index (χ4v) is 2.85. The summed E-state index contributed by atoms with van der Waals surface area (Å²) >= 11 is 0. The summed E-state index contributed by atoms with van der Waals surface area (Å²) in [7, 11) is 0. The van der Waals surface area contributed by atoms with E-state index in [-0.39, 0.29) is 18.6 Å². The van der Waals surface area contributed by atoms with Crippen molar-refractivity contribution in [3.05, 3.63) is 54.0 Å². The monoisotopic (exact) mass is 341 g/mol. The minimum atomic E-state index is -0.0979. The van der Waals surface area contributed by atoms with Gasteiger partial charge in [0.2, 0.25) is 5.91 Å². The molecule has 0 spiro atoms. The highest BCUT2D eigenvalue weighted by Gasteiger charge is 2.23. The molecule has 2 heterocycles. The fourth-order valence-electron chi connectivity index (χ4n) is 2.85. The second-order valence-electron chi connectivity index (χ2n) is 6.09. The van der Waals surface area contributed by atoms with Gasteiger partial charge in [-0.3, -0.25) is 9.69 Å². The summed E-state index contributed by atoms with van der Waals surface area (Å²) in [4.78, 5) is 22.6. The Morgan fingerprint density at radius 1 is 1.32 bits per heavy atom. The zero-order valence-electron chi connectivity index (χ0n) is 14.1. The second-order valence-corrected chi connectivity index (χ2v) is 6.09. The van der Waals surface area contributed by atoms with Gasteiger partial charge in [-0.2, -0.15) is 0 Å². The van der Waals surface area contributed by atoms with Gasteiger partial charge in [0.05, 0.1) is 25.7 Å². The van der Waals surface area contributed by atoms with E-state index in [4.69, 9.17) is 10.5 Å². The van der Waals surface area contributed by atoms with Crippen molar-refractivity contribution in [2.45, 2.75) is 25.6 Å². The second kappa shape index (κ2) is 8.55. The van der Waals surface area contributed by atoms with Crippen molar-refractivity contribution in [1.82, 2.24) is 20.2 Å². The number of carbonyl (C=O) groups excluding carboxylic acids is 1. The van der Waals surface area contributed by atoms with Gasteiger partial charge >= 0.3 is 0 Å². The first-order valence-electron chi connectivity index (χ1n) is 8.41. The molecule has 1 aromatic heterocycles. The maximum atomic E-state index is 12.1.